The van der Waals surface area contributed by atoms with Gasteiger partial charge in [-0.25, -0.2) is 5.01 Å². The fourth-order valence-corrected chi connectivity index (χ4v) is 0.986. The van der Waals surface area contributed by atoms with Crippen molar-refractivity contribution in [1.29, 1.82) is 0 Å². The van der Waals surface area contributed by atoms with Crippen LogP contribution in [0.3, 0.4) is 0 Å². The molecule has 0 spiro atoms. The molecule has 0 aliphatic heterocycles. The highest BCUT2D eigenvalue weighted by molar-refractivity contribution is 5.23. The first-order valence-corrected chi connectivity index (χ1v) is 3.74. The van der Waals surface area contributed by atoms with Crippen molar-refractivity contribution >= 4 is 6.72 Å². The van der Waals surface area contributed by atoms with Gasteiger partial charge in [0, 0.05) is 12.4 Å². The number of nitrogens with zero attached hydrogens (tertiary/aromatic N) is 2. The molecule has 0 saturated heterocycles. The SMILES string of the molecule is C=NN(/C(=C\C)C(C)C)C(F)F. The van der Waals surface area contributed by atoms with Crippen LogP contribution >= 0.6 is 0 Å². The van der Waals surface area contributed by atoms with Gasteiger partial charge in [0.25, 0.3) is 0 Å². The fraction of sp³-hybridized carbons (Fsp3) is 0.625. The van der Waals surface area contributed by atoms with Crippen molar-refractivity contribution in [2.24, 2.45) is 11.0 Å². The van der Waals surface area contributed by atoms with Crippen LogP contribution in [0.25, 0.3) is 0 Å². The van der Waals surface area contributed by atoms with E-state index >= 15 is 0 Å². The van der Waals surface area contributed by atoms with E-state index in [2.05, 4.69) is 11.8 Å². The molecule has 0 N–H and O–H groups in total. The molecule has 0 saturated carbocycles. The first-order chi connectivity index (χ1) is 5.54. The molecule has 0 amide bonds. The van der Waals surface area contributed by atoms with Gasteiger partial charge in [0.05, 0.1) is 0 Å². The minimum atomic E-state index is -2.61. The van der Waals surface area contributed by atoms with Gasteiger partial charge in [0.1, 0.15) is 0 Å². The Hall–Kier alpha value is -0.930. The van der Waals surface area contributed by atoms with Crippen LogP contribution in [0.15, 0.2) is 16.9 Å². The lowest BCUT2D eigenvalue weighted by Crippen LogP contribution is -2.25. The smallest absolute Gasteiger partial charge is 0.209 e. The van der Waals surface area contributed by atoms with E-state index in [1.165, 1.54) is 0 Å². The molecule has 0 unspecified atom stereocenters. The Morgan fingerprint density at radius 2 is 2.00 bits per heavy atom. The van der Waals surface area contributed by atoms with Gasteiger partial charge >= 0.3 is 6.55 Å². The zero-order chi connectivity index (χ0) is 9.72. The van der Waals surface area contributed by atoms with Crippen molar-refractivity contribution < 1.29 is 8.78 Å². The summed E-state index contributed by atoms with van der Waals surface area (Å²) >= 11 is 0. The number of rotatable bonds is 4. The normalized spacial score (nSPS) is 12.4. The van der Waals surface area contributed by atoms with Crippen LogP contribution in [-0.2, 0) is 0 Å². The second-order valence-electron chi connectivity index (χ2n) is 2.63. The van der Waals surface area contributed by atoms with Gasteiger partial charge in [-0.1, -0.05) is 19.9 Å². The van der Waals surface area contributed by atoms with Gasteiger partial charge in [-0.2, -0.15) is 13.9 Å². The molecule has 2 nitrogen and oxygen atoms in total. The van der Waals surface area contributed by atoms with Crippen LogP contribution in [-0.4, -0.2) is 18.3 Å². The molecular weight excluding hydrogens is 162 g/mol. The monoisotopic (exact) mass is 176 g/mol. The molecule has 0 aromatic carbocycles. The Morgan fingerprint density at radius 3 is 2.08 bits per heavy atom. The van der Waals surface area contributed by atoms with Crippen LogP contribution < -0.4 is 0 Å². The third-order valence-electron chi connectivity index (χ3n) is 1.49. The van der Waals surface area contributed by atoms with Crippen molar-refractivity contribution in [3.05, 3.63) is 11.8 Å². The fourth-order valence-electron chi connectivity index (χ4n) is 0.986. The van der Waals surface area contributed by atoms with Gasteiger partial charge in [-0.3, -0.25) is 0 Å². The van der Waals surface area contributed by atoms with E-state index in [0.29, 0.717) is 10.7 Å². The molecule has 0 atom stereocenters. The predicted octanol–water partition coefficient (Wildman–Crippen LogP) is 2.69. The zero-order valence-corrected chi connectivity index (χ0v) is 7.59. The molecule has 12 heavy (non-hydrogen) atoms. The number of hydrazone groups is 1. The van der Waals surface area contributed by atoms with Crippen LogP contribution in [0.4, 0.5) is 8.78 Å². The van der Waals surface area contributed by atoms with Gasteiger partial charge in [0.2, 0.25) is 0 Å². The van der Waals surface area contributed by atoms with Crippen LogP contribution in [0.1, 0.15) is 20.8 Å². The molecular formula is C8H14F2N2. The Kier molecular flexibility index (Phi) is 4.47. The topological polar surface area (TPSA) is 15.6 Å². The van der Waals surface area contributed by atoms with Gasteiger partial charge in [-0.15, -0.1) is 0 Å². The number of alkyl halides is 2. The molecule has 0 radical (unpaired) electrons. The molecule has 0 bridgehead atoms. The molecule has 0 aliphatic rings. The molecule has 70 valence electrons. The Bertz CT molecular complexity index is 176. The van der Waals surface area contributed by atoms with Crippen LogP contribution in [0.5, 0.6) is 0 Å². The highest BCUT2D eigenvalue weighted by Gasteiger charge is 2.19. The molecule has 0 heterocycles. The van der Waals surface area contributed by atoms with Gasteiger partial charge in [0.15, 0.2) is 0 Å². The summed E-state index contributed by atoms with van der Waals surface area (Å²) in [5.74, 6) is 0.0227. The summed E-state index contributed by atoms with van der Waals surface area (Å²) in [5, 5.41) is 3.87. The van der Waals surface area contributed by atoms with Crippen LogP contribution in [0, 0.1) is 5.92 Å². The van der Waals surface area contributed by atoms with E-state index in [0.717, 1.165) is 0 Å². The van der Waals surface area contributed by atoms with Gasteiger partial charge < -0.3 is 0 Å². The summed E-state index contributed by atoms with van der Waals surface area (Å²) in [6.45, 7) is 5.84. The van der Waals surface area contributed by atoms with Crippen molar-refractivity contribution in [2.75, 3.05) is 0 Å². The second-order valence-corrected chi connectivity index (χ2v) is 2.63. The Balaban J connectivity index is 4.58. The molecule has 4 heteroatoms. The summed E-state index contributed by atoms with van der Waals surface area (Å²) in [6.07, 6.45) is 1.62. The Labute approximate surface area is 71.6 Å². The minimum Gasteiger partial charge on any atom is -0.209 e. The lowest BCUT2D eigenvalue weighted by molar-refractivity contribution is -0.00688. The lowest BCUT2D eigenvalue weighted by Gasteiger charge is -2.22. The van der Waals surface area contributed by atoms with E-state index in [1.807, 2.05) is 13.8 Å². The van der Waals surface area contributed by atoms with E-state index in [-0.39, 0.29) is 5.92 Å². The van der Waals surface area contributed by atoms with Crippen molar-refractivity contribution in [3.63, 3.8) is 0 Å². The third kappa shape index (κ3) is 2.60. The van der Waals surface area contributed by atoms with Crippen molar-refractivity contribution in [1.82, 2.24) is 5.01 Å². The summed E-state index contributed by atoms with van der Waals surface area (Å²) in [4.78, 5) is 0. The summed E-state index contributed by atoms with van der Waals surface area (Å²) in [7, 11) is 0. The van der Waals surface area contributed by atoms with Crippen molar-refractivity contribution in [3.8, 4) is 0 Å². The molecule has 0 rings (SSSR count). The first-order valence-electron chi connectivity index (χ1n) is 3.74. The summed E-state index contributed by atoms with van der Waals surface area (Å²) in [5.41, 5.74) is 0.486. The second kappa shape index (κ2) is 4.85. The number of allylic oxidation sites excluding steroid dienone is 2. The third-order valence-corrected chi connectivity index (χ3v) is 1.49. The van der Waals surface area contributed by atoms with E-state index < -0.39 is 6.55 Å². The molecule has 0 fully saturated rings. The minimum absolute atomic E-state index is 0.0227. The van der Waals surface area contributed by atoms with E-state index in [9.17, 15) is 8.78 Å². The maximum atomic E-state index is 12.2. The standard InChI is InChI=1S/C8H14F2N2/c1-5-7(6(2)3)12(11-4)8(9)10/h5-6,8H,4H2,1-3H3/b7-5-. The van der Waals surface area contributed by atoms with Crippen LogP contribution in [0.2, 0.25) is 0 Å². The number of halogens is 2. The average molecular weight is 176 g/mol. The summed E-state index contributed by atoms with van der Waals surface area (Å²) in [6, 6.07) is 0. The maximum absolute atomic E-state index is 12.2. The number of hydrogen-bond donors (Lipinski definition) is 0. The molecule has 0 aromatic rings. The number of hydrogen-bond acceptors (Lipinski definition) is 2. The molecule has 0 aliphatic carbocycles. The van der Waals surface area contributed by atoms with Gasteiger partial charge in [-0.05, 0) is 12.8 Å². The molecule has 0 aromatic heterocycles. The zero-order valence-electron chi connectivity index (χ0n) is 7.59. The quantitative estimate of drug-likeness (QED) is 0.365. The van der Waals surface area contributed by atoms with E-state index in [4.69, 9.17) is 0 Å². The highest BCUT2D eigenvalue weighted by atomic mass is 19.3. The highest BCUT2D eigenvalue weighted by Crippen LogP contribution is 2.19. The van der Waals surface area contributed by atoms with E-state index in [1.54, 1.807) is 13.0 Å². The lowest BCUT2D eigenvalue weighted by atomic mass is 10.1. The average Bonchev–Trinajstić information content (AvgIpc) is 1.98. The summed E-state index contributed by atoms with van der Waals surface area (Å²) < 4.78 is 24.5. The first kappa shape index (κ1) is 11.1. The van der Waals surface area contributed by atoms with Crippen molar-refractivity contribution in [2.45, 2.75) is 27.3 Å². The predicted molar refractivity (Wildman–Crippen MR) is 46.0 cm³/mol. The maximum Gasteiger partial charge on any atom is 0.333 e. The largest absolute Gasteiger partial charge is 0.333 e. The Morgan fingerprint density at radius 1 is 1.50 bits per heavy atom.